The lowest BCUT2D eigenvalue weighted by Gasteiger charge is -2.26. The maximum Gasteiger partial charge on any atom is 0.0779 e. The van der Waals surface area contributed by atoms with Gasteiger partial charge in [0.1, 0.15) is 0 Å². The summed E-state index contributed by atoms with van der Waals surface area (Å²) in [6.07, 6.45) is 2.37. The van der Waals surface area contributed by atoms with Crippen molar-refractivity contribution in [1.82, 2.24) is 5.32 Å². The van der Waals surface area contributed by atoms with Crippen LogP contribution in [0.1, 0.15) is 48.0 Å². The van der Waals surface area contributed by atoms with Crippen molar-refractivity contribution >= 4 is 11.3 Å². The van der Waals surface area contributed by atoms with Crippen LogP contribution in [0, 0.1) is 13.8 Å². The molecular formula is C14H23NOS. The van der Waals surface area contributed by atoms with Crippen LogP contribution < -0.4 is 5.32 Å². The molecule has 1 aliphatic heterocycles. The van der Waals surface area contributed by atoms with Gasteiger partial charge in [-0.2, -0.15) is 0 Å². The minimum Gasteiger partial charge on any atom is -0.374 e. The van der Waals surface area contributed by atoms with Crippen molar-refractivity contribution in [3.8, 4) is 0 Å². The lowest BCUT2D eigenvalue weighted by molar-refractivity contribution is 0.0191. The number of ether oxygens (including phenoxy) is 1. The van der Waals surface area contributed by atoms with Crippen LogP contribution in [0.2, 0.25) is 0 Å². The molecule has 0 bridgehead atoms. The van der Waals surface area contributed by atoms with Gasteiger partial charge in [0.2, 0.25) is 0 Å². The van der Waals surface area contributed by atoms with Gasteiger partial charge in [0.15, 0.2) is 0 Å². The van der Waals surface area contributed by atoms with Gasteiger partial charge in [-0.15, -0.1) is 11.3 Å². The quantitative estimate of drug-likeness (QED) is 0.885. The van der Waals surface area contributed by atoms with Crippen LogP contribution >= 0.6 is 11.3 Å². The molecule has 1 saturated heterocycles. The van der Waals surface area contributed by atoms with Crippen LogP contribution in [0.5, 0.6) is 0 Å². The smallest absolute Gasteiger partial charge is 0.0779 e. The summed E-state index contributed by atoms with van der Waals surface area (Å²) in [7, 11) is 0. The van der Waals surface area contributed by atoms with Gasteiger partial charge in [0, 0.05) is 28.9 Å². The lowest BCUT2D eigenvalue weighted by Crippen LogP contribution is -2.38. The Kier molecular flexibility index (Phi) is 3.91. The van der Waals surface area contributed by atoms with E-state index >= 15 is 0 Å². The normalized spacial score (nSPS) is 26.4. The van der Waals surface area contributed by atoms with Crippen molar-refractivity contribution in [3.05, 3.63) is 21.4 Å². The maximum atomic E-state index is 5.80. The first kappa shape index (κ1) is 13.1. The first-order valence-corrected chi connectivity index (χ1v) is 7.26. The first-order chi connectivity index (χ1) is 8.00. The third kappa shape index (κ3) is 3.09. The summed E-state index contributed by atoms with van der Waals surface area (Å²) >= 11 is 1.88. The third-order valence-corrected chi connectivity index (χ3v) is 4.61. The fourth-order valence-electron chi connectivity index (χ4n) is 2.54. The maximum absolute atomic E-state index is 5.80. The Labute approximate surface area is 108 Å². The van der Waals surface area contributed by atoms with E-state index in [9.17, 15) is 0 Å². The standard InChI is InChI=1S/C14H23NOS/c1-10-8-13(12(3)17-10)11(2)15-9-14(4)6-5-7-16-14/h8,11,15H,5-7,9H2,1-4H3. The zero-order valence-corrected chi connectivity index (χ0v) is 12.1. The van der Waals surface area contributed by atoms with E-state index in [0.717, 1.165) is 13.2 Å². The molecule has 0 aliphatic carbocycles. The van der Waals surface area contributed by atoms with E-state index in [4.69, 9.17) is 4.74 Å². The van der Waals surface area contributed by atoms with E-state index in [1.807, 2.05) is 11.3 Å². The Bertz CT molecular complexity index is 380. The Hall–Kier alpha value is -0.380. The summed E-state index contributed by atoms with van der Waals surface area (Å²) in [6.45, 7) is 10.7. The SMILES string of the molecule is Cc1cc(C(C)NCC2(C)CCCO2)c(C)s1. The Morgan fingerprint density at radius 1 is 1.53 bits per heavy atom. The number of thiophene rings is 1. The second-order valence-electron chi connectivity index (χ2n) is 5.37. The molecule has 2 nitrogen and oxygen atoms in total. The zero-order valence-electron chi connectivity index (χ0n) is 11.3. The van der Waals surface area contributed by atoms with Gasteiger partial charge in [-0.1, -0.05) is 0 Å². The monoisotopic (exact) mass is 253 g/mol. The second-order valence-corrected chi connectivity index (χ2v) is 6.83. The van der Waals surface area contributed by atoms with Crippen molar-refractivity contribution in [2.75, 3.05) is 13.2 Å². The molecule has 1 N–H and O–H groups in total. The molecule has 1 aromatic rings. The molecule has 2 heterocycles. The molecule has 96 valence electrons. The zero-order chi connectivity index (χ0) is 12.5. The molecule has 1 aliphatic rings. The summed E-state index contributed by atoms with van der Waals surface area (Å²) < 4.78 is 5.80. The molecule has 0 aromatic carbocycles. The molecule has 0 amide bonds. The lowest BCUT2D eigenvalue weighted by atomic mass is 10.0. The minimum absolute atomic E-state index is 0.0488. The minimum atomic E-state index is 0.0488. The van der Waals surface area contributed by atoms with Gasteiger partial charge in [-0.25, -0.2) is 0 Å². The fourth-order valence-corrected chi connectivity index (χ4v) is 3.56. The van der Waals surface area contributed by atoms with Crippen LogP contribution in [-0.4, -0.2) is 18.8 Å². The Morgan fingerprint density at radius 2 is 2.29 bits per heavy atom. The van der Waals surface area contributed by atoms with E-state index in [1.165, 1.54) is 28.2 Å². The average molecular weight is 253 g/mol. The molecule has 2 atom stereocenters. The molecule has 17 heavy (non-hydrogen) atoms. The molecule has 0 spiro atoms. The van der Waals surface area contributed by atoms with Gasteiger partial charge < -0.3 is 10.1 Å². The fraction of sp³-hybridized carbons (Fsp3) is 0.714. The van der Waals surface area contributed by atoms with E-state index in [1.54, 1.807) is 0 Å². The summed E-state index contributed by atoms with van der Waals surface area (Å²) in [5.74, 6) is 0. The molecule has 1 fully saturated rings. The molecule has 0 saturated carbocycles. The van der Waals surface area contributed by atoms with Crippen molar-refractivity contribution in [2.24, 2.45) is 0 Å². The largest absolute Gasteiger partial charge is 0.374 e. The number of rotatable bonds is 4. The average Bonchev–Trinajstić information content (AvgIpc) is 2.83. The van der Waals surface area contributed by atoms with E-state index in [2.05, 4.69) is 39.1 Å². The molecule has 0 radical (unpaired) electrons. The number of hydrogen-bond acceptors (Lipinski definition) is 3. The molecule has 1 aromatic heterocycles. The van der Waals surface area contributed by atoms with Crippen LogP contribution in [0.3, 0.4) is 0 Å². The predicted molar refractivity (Wildman–Crippen MR) is 73.8 cm³/mol. The summed E-state index contributed by atoms with van der Waals surface area (Å²) in [6, 6.07) is 2.72. The predicted octanol–water partition coefficient (Wildman–Crippen LogP) is 3.58. The summed E-state index contributed by atoms with van der Waals surface area (Å²) in [5, 5.41) is 3.62. The van der Waals surface area contributed by atoms with Crippen molar-refractivity contribution < 1.29 is 4.74 Å². The third-order valence-electron chi connectivity index (χ3n) is 3.63. The van der Waals surface area contributed by atoms with Gasteiger partial charge in [-0.3, -0.25) is 0 Å². The van der Waals surface area contributed by atoms with Crippen LogP contribution in [0.15, 0.2) is 6.07 Å². The van der Waals surface area contributed by atoms with Gasteiger partial charge in [0.25, 0.3) is 0 Å². The van der Waals surface area contributed by atoms with Crippen LogP contribution in [0.25, 0.3) is 0 Å². The van der Waals surface area contributed by atoms with E-state index in [-0.39, 0.29) is 5.60 Å². The molecule has 2 unspecified atom stereocenters. The molecule has 2 rings (SSSR count). The van der Waals surface area contributed by atoms with Crippen molar-refractivity contribution in [3.63, 3.8) is 0 Å². The van der Waals surface area contributed by atoms with Crippen LogP contribution in [0.4, 0.5) is 0 Å². The Balaban J connectivity index is 1.93. The highest BCUT2D eigenvalue weighted by molar-refractivity contribution is 7.12. The first-order valence-electron chi connectivity index (χ1n) is 6.44. The number of aryl methyl sites for hydroxylation is 2. The highest BCUT2D eigenvalue weighted by Crippen LogP contribution is 2.28. The highest BCUT2D eigenvalue weighted by atomic mass is 32.1. The summed E-state index contributed by atoms with van der Waals surface area (Å²) in [5.41, 5.74) is 1.49. The molecule has 3 heteroatoms. The van der Waals surface area contributed by atoms with Gasteiger partial charge >= 0.3 is 0 Å². The van der Waals surface area contributed by atoms with Crippen molar-refractivity contribution in [2.45, 2.75) is 52.2 Å². The Morgan fingerprint density at radius 3 is 2.82 bits per heavy atom. The topological polar surface area (TPSA) is 21.3 Å². The van der Waals surface area contributed by atoms with E-state index in [0.29, 0.717) is 6.04 Å². The number of hydrogen-bond donors (Lipinski definition) is 1. The van der Waals surface area contributed by atoms with Gasteiger partial charge in [0.05, 0.1) is 5.60 Å². The van der Waals surface area contributed by atoms with Crippen LogP contribution in [-0.2, 0) is 4.74 Å². The van der Waals surface area contributed by atoms with Crippen molar-refractivity contribution in [1.29, 1.82) is 0 Å². The second kappa shape index (κ2) is 5.09. The van der Waals surface area contributed by atoms with Gasteiger partial charge in [-0.05, 0) is 52.2 Å². The molecular weight excluding hydrogens is 230 g/mol. The summed E-state index contributed by atoms with van der Waals surface area (Å²) in [4.78, 5) is 2.83. The number of nitrogens with one attached hydrogen (secondary N) is 1. The highest BCUT2D eigenvalue weighted by Gasteiger charge is 2.29. The van der Waals surface area contributed by atoms with E-state index < -0.39 is 0 Å².